The van der Waals surface area contributed by atoms with Crippen LogP contribution in [-0.4, -0.2) is 36.1 Å². The number of imidazole rings is 1. The lowest BCUT2D eigenvalue weighted by Gasteiger charge is -2.26. The molecule has 4 aromatic rings. The summed E-state index contributed by atoms with van der Waals surface area (Å²) in [5.41, 5.74) is 2.76. The van der Waals surface area contributed by atoms with Crippen LogP contribution in [0.25, 0.3) is 5.52 Å². The van der Waals surface area contributed by atoms with Crippen molar-refractivity contribution in [1.29, 1.82) is 10.5 Å². The van der Waals surface area contributed by atoms with E-state index in [1.54, 1.807) is 30.9 Å². The monoisotopic (exact) mass is 387 g/mol. The number of hydrogen-bond donors (Lipinski definition) is 1. The van der Waals surface area contributed by atoms with Crippen LogP contribution in [-0.2, 0) is 13.0 Å². The first kappa shape index (κ1) is 18.1. The Kier molecular flexibility index (Phi) is 4.82. The van der Waals surface area contributed by atoms with Crippen molar-refractivity contribution in [2.75, 3.05) is 11.4 Å². The van der Waals surface area contributed by atoms with E-state index in [9.17, 15) is 4.39 Å². The van der Waals surface area contributed by atoms with Crippen LogP contribution >= 0.6 is 0 Å². The Morgan fingerprint density at radius 3 is 2.79 bits per heavy atom. The molecule has 4 aromatic heterocycles. The normalized spacial score (nSPS) is 12.4. The first-order valence-electron chi connectivity index (χ1n) is 8.70. The average molecular weight is 387 g/mol. The van der Waals surface area contributed by atoms with Crippen molar-refractivity contribution in [3.05, 3.63) is 71.7 Å². The van der Waals surface area contributed by atoms with Crippen LogP contribution < -0.4 is 4.90 Å². The zero-order valence-electron chi connectivity index (χ0n) is 15.1. The number of fused-ring (bicyclic) bond motifs is 2. The minimum atomic E-state index is -0.236. The SMILES string of the molecule is Fc1cccn2nccc12.N#Cc1ncc(N2CCc3nc[nH]c3C2)nc1C#N. The Bertz CT molecular complexity index is 1240. The van der Waals surface area contributed by atoms with Crippen LogP contribution in [0.15, 0.2) is 43.1 Å². The van der Waals surface area contributed by atoms with Crippen LogP contribution in [0, 0.1) is 28.5 Å². The molecule has 0 saturated heterocycles. The third kappa shape index (κ3) is 3.59. The fraction of sp³-hybridized carbons (Fsp3) is 0.158. The Morgan fingerprint density at radius 1 is 1.14 bits per heavy atom. The molecule has 5 heterocycles. The van der Waals surface area contributed by atoms with Crippen molar-refractivity contribution in [3.63, 3.8) is 0 Å². The highest BCUT2D eigenvalue weighted by Crippen LogP contribution is 2.20. The Morgan fingerprint density at radius 2 is 2.00 bits per heavy atom. The van der Waals surface area contributed by atoms with Gasteiger partial charge in [0.1, 0.15) is 29.3 Å². The molecule has 1 N–H and O–H groups in total. The molecule has 1 aliphatic rings. The van der Waals surface area contributed by atoms with Gasteiger partial charge < -0.3 is 9.88 Å². The second-order valence-corrected chi connectivity index (χ2v) is 6.17. The molecule has 1 aliphatic heterocycles. The second-order valence-electron chi connectivity index (χ2n) is 6.17. The first-order valence-corrected chi connectivity index (χ1v) is 8.70. The van der Waals surface area contributed by atoms with Crippen LogP contribution in [0.1, 0.15) is 22.8 Å². The van der Waals surface area contributed by atoms with Gasteiger partial charge in [0, 0.05) is 19.2 Å². The van der Waals surface area contributed by atoms with Crippen LogP contribution in [0.2, 0.25) is 0 Å². The number of aromatic nitrogens is 6. The van der Waals surface area contributed by atoms with Crippen molar-refractivity contribution < 1.29 is 4.39 Å². The summed E-state index contributed by atoms with van der Waals surface area (Å²) < 4.78 is 14.3. The van der Waals surface area contributed by atoms with E-state index in [1.807, 2.05) is 17.0 Å². The van der Waals surface area contributed by atoms with Gasteiger partial charge in [-0.25, -0.2) is 23.9 Å². The van der Waals surface area contributed by atoms with E-state index in [0.29, 0.717) is 17.9 Å². The third-order valence-corrected chi connectivity index (χ3v) is 4.46. The van der Waals surface area contributed by atoms with Crippen LogP contribution in [0.4, 0.5) is 10.2 Å². The number of rotatable bonds is 1. The largest absolute Gasteiger partial charge is 0.349 e. The second kappa shape index (κ2) is 7.74. The molecule has 0 spiro atoms. The molecule has 5 rings (SSSR count). The summed E-state index contributed by atoms with van der Waals surface area (Å²) in [6.07, 6.45) is 7.30. The molecule has 10 heteroatoms. The van der Waals surface area contributed by atoms with Crippen molar-refractivity contribution in [1.82, 2.24) is 29.5 Å². The highest BCUT2D eigenvalue weighted by atomic mass is 19.1. The van der Waals surface area contributed by atoms with Gasteiger partial charge in [0.2, 0.25) is 0 Å². The lowest BCUT2D eigenvalue weighted by molar-refractivity contribution is 0.630. The number of anilines is 1. The molecule has 0 radical (unpaired) electrons. The van der Waals surface area contributed by atoms with Crippen molar-refractivity contribution in [2.24, 2.45) is 0 Å². The fourth-order valence-electron chi connectivity index (χ4n) is 3.02. The number of hydrogen-bond acceptors (Lipinski definition) is 7. The number of H-pyrrole nitrogens is 1. The molecular formula is C19H14FN9. The summed E-state index contributed by atoms with van der Waals surface area (Å²) in [5, 5.41) is 21.6. The Hall–Kier alpha value is -4.31. The van der Waals surface area contributed by atoms with E-state index < -0.39 is 0 Å². The molecule has 0 aliphatic carbocycles. The summed E-state index contributed by atoms with van der Waals surface area (Å²) in [7, 11) is 0. The molecule has 0 aromatic carbocycles. The van der Waals surface area contributed by atoms with Gasteiger partial charge in [-0.3, -0.25) is 0 Å². The minimum absolute atomic E-state index is 0.0606. The van der Waals surface area contributed by atoms with E-state index in [4.69, 9.17) is 10.5 Å². The first-order chi connectivity index (χ1) is 14.2. The Balaban J connectivity index is 0.000000171. The van der Waals surface area contributed by atoms with Gasteiger partial charge in [0.25, 0.3) is 0 Å². The quantitative estimate of drug-likeness (QED) is 0.530. The molecule has 0 unspecified atom stereocenters. The van der Waals surface area contributed by atoms with Crippen molar-refractivity contribution in [2.45, 2.75) is 13.0 Å². The predicted octanol–water partition coefficient (Wildman–Crippen LogP) is 1.98. The van der Waals surface area contributed by atoms with E-state index in [0.717, 1.165) is 24.4 Å². The number of nitrogens with one attached hydrogen (secondary N) is 1. The number of nitriles is 2. The lowest BCUT2D eigenvalue weighted by atomic mass is 10.1. The van der Waals surface area contributed by atoms with Crippen molar-refractivity contribution >= 4 is 11.3 Å². The molecular weight excluding hydrogens is 373 g/mol. The molecule has 0 amide bonds. The van der Waals surface area contributed by atoms with Gasteiger partial charge >= 0.3 is 0 Å². The smallest absolute Gasteiger partial charge is 0.179 e. The zero-order valence-corrected chi connectivity index (χ0v) is 15.1. The average Bonchev–Trinajstić information content (AvgIpc) is 3.43. The number of pyridine rings is 1. The predicted molar refractivity (Wildman–Crippen MR) is 100.0 cm³/mol. The highest BCUT2D eigenvalue weighted by molar-refractivity contribution is 5.46. The maximum absolute atomic E-state index is 12.8. The number of halogens is 1. The van der Waals surface area contributed by atoms with Gasteiger partial charge in [-0.2, -0.15) is 15.6 Å². The molecule has 29 heavy (non-hydrogen) atoms. The van der Waals surface area contributed by atoms with Crippen molar-refractivity contribution in [3.8, 4) is 12.1 Å². The molecule has 142 valence electrons. The van der Waals surface area contributed by atoms with E-state index in [-0.39, 0.29) is 17.2 Å². The topological polar surface area (TPSA) is 123 Å². The summed E-state index contributed by atoms with van der Waals surface area (Å²) in [6, 6.07) is 8.42. The van der Waals surface area contributed by atoms with Gasteiger partial charge in [-0.05, 0) is 18.2 Å². The third-order valence-electron chi connectivity index (χ3n) is 4.46. The molecule has 0 bridgehead atoms. The highest BCUT2D eigenvalue weighted by Gasteiger charge is 2.20. The summed E-state index contributed by atoms with van der Waals surface area (Å²) in [5.74, 6) is 0.371. The maximum Gasteiger partial charge on any atom is 0.179 e. The maximum atomic E-state index is 12.8. The minimum Gasteiger partial charge on any atom is -0.349 e. The van der Waals surface area contributed by atoms with Gasteiger partial charge in [0.05, 0.1) is 36.7 Å². The molecule has 0 atom stereocenters. The summed E-state index contributed by atoms with van der Waals surface area (Å²) in [4.78, 5) is 17.5. The standard InChI is InChI=1S/C12H9N7.C7H5FN2/c13-3-9-10(4-14)18-12(5-15-9)19-2-1-8-11(6-19)17-7-16-8;8-6-2-1-5-10-7(6)3-4-9-10/h5,7H,1-2,6H2,(H,16,17);1-5H. The Labute approximate surface area is 164 Å². The molecule has 9 nitrogen and oxygen atoms in total. The van der Waals surface area contributed by atoms with Crippen LogP contribution in [0.3, 0.4) is 0 Å². The fourth-order valence-corrected chi connectivity index (χ4v) is 3.02. The lowest BCUT2D eigenvalue weighted by Crippen LogP contribution is -2.31. The van der Waals surface area contributed by atoms with Gasteiger partial charge in [0.15, 0.2) is 11.4 Å². The van der Waals surface area contributed by atoms with Gasteiger partial charge in [-0.1, -0.05) is 0 Å². The number of aromatic amines is 1. The molecule has 0 saturated carbocycles. The number of nitrogens with zero attached hydrogens (tertiary/aromatic N) is 8. The summed E-state index contributed by atoms with van der Waals surface area (Å²) in [6.45, 7) is 1.42. The molecule has 0 fully saturated rings. The van der Waals surface area contributed by atoms with E-state index in [2.05, 4.69) is 25.0 Å². The van der Waals surface area contributed by atoms with E-state index >= 15 is 0 Å². The van der Waals surface area contributed by atoms with Gasteiger partial charge in [-0.15, -0.1) is 0 Å². The summed E-state index contributed by atoms with van der Waals surface area (Å²) >= 11 is 0. The van der Waals surface area contributed by atoms with E-state index in [1.165, 1.54) is 16.8 Å². The zero-order chi connectivity index (χ0) is 20.2. The van der Waals surface area contributed by atoms with Crippen LogP contribution in [0.5, 0.6) is 0 Å².